The van der Waals surface area contributed by atoms with E-state index in [9.17, 15) is 9.90 Å². The molecule has 2 aliphatic carbocycles. The predicted molar refractivity (Wildman–Crippen MR) is 103 cm³/mol. The molecule has 0 atom stereocenters. The van der Waals surface area contributed by atoms with Crippen LogP contribution in [0.1, 0.15) is 60.3 Å². The standard InChI is InChI=1S/C23H27NO2/c25-19-13-11-18(12-14-19)24-23(26)15-22-20-7-3-1-5-16(20)9-10-17-6-2-4-8-21(17)22/h1-8,18-19,22,25H,9-15H2,(H,24,26). The molecule has 2 aliphatic rings. The molecule has 26 heavy (non-hydrogen) atoms. The van der Waals surface area contributed by atoms with Crippen LogP contribution in [0, 0.1) is 0 Å². The van der Waals surface area contributed by atoms with Crippen LogP contribution in [0.15, 0.2) is 48.5 Å². The van der Waals surface area contributed by atoms with Gasteiger partial charge in [0, 0.05) is 18.4 Å². The highest BCUT2D eigenvalue weighted by Gasteiger charge is 2.27. The molecule has 0 heterocycles. The SMILES string of the molecule is O=C(CC1c2ccccc2CCc2ccccc21)NC1CCC(O)CC1. The van der Waals surface area contributed by atoms with Gasteiger partial charge in [0.25, 0.3) is 0 Å². The Labute approximate surface area is 155 Å². The van der Waals surface area contributed by atoms with Crippen molar-refractivity contribution < 1.29 is 9.90 Å². The van der Waals surface area contributed by atoms with E-state index >= 15 is 0 Å². The molecule has 2 N–H and O–H groups in total. The highest BCUT2D eigenvalue weighted by molar-refractivity contribution is 5.78. The van der Waals surface area contributed by atoms with Gasteiger partial charge in [0.1, 0.15) is 0 Å². The first-order valence-electron chi connectivity index (χ1n) is 9.83. The van der Waals surface area contributed by atoms with Gasteiger partial charge in [-0.3, -0.25) is 4.79 Å². The molecule has 4 rings (SSSR count). The molecule has 1 amide bonds. The maximum absolute atomic E-state index is 12.8. The van der Waals surface area contributed by atoms with Crippen LogP contribution >= 0.6 is 0 Å². The van der Waals surface area contributed by atoms with Gasteiger partial charge >= 0.3 is 0 Å². The van der Waals surface area contributed by atoms with Gasteiger partial charge in [-0.2, -0.15) is 0 Å². The number of fused-ring (bicyclic) bond motifs is 2. The summed E-state index contributed by atoms with van der Waals surface area (Å²) in [6.07, 6.45) is 5.71. The van der Waals surface area contributed by atoms with Gasteiger partial charge in [-0.1, -0.05) is 48.5 Å². The first-order valence-corrected chi connectivity index (χ1v) is 9.83. The number of hydrogen-bond acceptors (Lipinski definition) is 2. The summed E-state index contributed by atoms with van der Waals surface area (Å²) in [5, 5.41) is 12.9. The third kappa shape index (κ3) is 3.68. The lowest BCUT2D eigenvalue weighted by molar-refractivity contribution is -0.122. The fraction of sp³-hybridized carbons (Fsp3) is 0.435. The van der Waals surface area contributed by atoms with E-state index in [1.54, 1.807) is 0 Å². The highest BCUT2D eigenvalue weighted by Crippen LogP contribution is 2.36. The summed E-state index contributed by atoms with van der Waals surface area (Å²) in [6, 6.07) is 17.4. The molecule has 2 aromatic carbocycles. The van der Waals surface area contributed by atoms with E-state index < -0.39 is 0 Å². The molecule has 0 radical (unpaired) electrons. The maximum atomic E-state index is 12.8. The lowest BCUT2D eigenvalue weighted by Gasteiger charge is -2.27. The summed E-state index contributed by atoms with van der Waals surface area (Å²) in [5.74, 6) is 0.252. The molecule has 3 heteroatoms. The number of nitrogens with one attached hydrogen (secondary N) is 1. The van der Waals surface area contributed by atoms with Crippen LogP contribution in [0.3, 0.4) is 0 Å². The second-order valence-electron chi connectivity index (χ2n) is 7.73. The summed E-state index contributed by atoms with van der Waals surface area (Å²) in [4.78, 5) is 12.8. The molecule has 1 saturated carbocycles. The number of rotatable bonds is 3. The summed E-state index contributed by atoms with van der Waals surface area (Å²) in [6.45, 7) is 0. The average molecular weight is 349 g/mol. The maximum Gasteiger partial charge on any atom is 0.221 e. The van der Waals surface area contributed by atoms with Gasteiger partial charge in [0.05, 0.1) is 6.10 Å². The van der Waals surface area contributed by atoms with Crippen molar-refractivity contribution in [1.29, 1.82) is 0 Å². The number of carbonyl (C=O) groups excluding carboxylic acids is 1. The Morgan fingerprint density at radius 3 is 2.00 bits per heavy atom. The van der Waals surface area contributed by atoms with E-state index in [1.807, 2.05) is 0 Å². The average Bonchev–Trinajstić information content (AvgIpc) is 2.82. The fourth-order valence-corrected chi connectivity index (χ4v) is 4.55. The summed E-state index contributed by atoms with van der Waals surface area (Å²) in [7, 11) is 0. The van der Waals surface area contributed by atoms with E-state index in [0.29, 0.717) is 6.42 Å². The molecule has 1 fully saturated rings. The largest absolute Gasteiger partial charge is 0.393 e. The molecule has 0 aliphatic heterocycles. The van der Waals surface area contributed by atoms with Gasteiger partial charge in [-0.25, -0.2) is 0 Å². The lowest BCUT2D eigenvalue weighted by atomic mass is 9.85. The van der Waals surface area contributed by atoms with Gasteiger partial charge in [-0.15, -0.1) is 0 Å². The van der Waals surface area contributed by atoms with E-state index in [1.165, 1.54) is 22.3 Å². The molecule has 3 nitrogen and oxygen atoms in total. The molecule has 0 spiro atoms. The number of aliphatic hydroxyl groups excluding tert-OH is 1. The molecule has 0 aromatic heterocycles. The topological polar surface area (TPSA) is 49.3 Å². The first-order chi connectivity index (χ1) is 12.7. The second-order valence-corrected chi connectivity index (χ2v) is 7.73. The lowest BCUT2D eigenvalue weighted by Crippen LogP contribution is -2.39. The smallest absolute Gasteiger partial charge is 0.221 e. The third-order valence-electron chi connectivity index (χ3n) is 5.98. The number of aryl methyl sites for hydroxylation is 2. The van der Waals surface area contributed by atoms with Crippen molar-refractivity contribution in [3.05, 3.63) is 70.8 Å². The minimum absolute atomic E-state index is 0.124. The number of carbonyl (C=O) groups is 1. The van der Waals surface area contributed by atoms with Crippen molar-refractivity contribution >= 4 is 5.91 Å². The fourth-order valence-electron chi connectivity index (χ4n) is 4.55. The number of benzene rings is 2. The van der Waals surface area contributed by atoms with Crippen molar-refractivity contribution in [3.8, 4) is 0 Å². The second kappa shape index (κ2) is 7.63. The third-order valence-corrected chi connectivity index (χ3v) is 5.98. The minimum Gasteiger partial charge on any atom is -0.393 e. The zero-order chi connectivity index (χ0) is 17.9. The van der Waals surface area contributed by atoms with Crippen molar-refractivity contribution in [3.63, 3.8) is 0 Å². The van der Waals surface area contributed by atoms with Gasteiger partial charge < -0.3 is 10.4 Å². The zero-order valence-electron chi connectivity index (χ0n) is 15.2. The molecule has 136 valence electrons. The molecule has 0 saturated heterocycles. The number of amides is 1. The first kappa shape index (κ1) is 17.3. The molecular formula is C23H27NO2. The van der Waals surface area contributed by atoms with Crippen molar-refractivity contribution in [2.45, 2.75) is 63.0 Å². The van der Waals surface area contributed by atoms with Crippen molar-refractivity contribution in [1.82, 2.24) is 5.32 Å². The van der Waals surface area contributed by atoms with E-state index in [0.717, 1.165) is 38.5 Å². The number of hydrogen-bond donors (Lipinski definition) is 2. The Morgan fingerprint density at radius 2 is 1.42 bits per heavy atom. The normalized spacial score (nSPS) is 22.8. The van der Waals surface area contributed by atoms with Crippen LogP contribution in [-0.4, -0.2) is 23.2 Å². The van der Waals surface area contributed by atoms with Crippen LogP contribution in [0.2, 0.25) is 0 Å². The Morgan fingerprint density at radius 1 is 0.885 bits per heavy atom. The minimum atomic E-state index is -0.191. The Kier molecular flexibility index (Phi) is 5.07. The Hall–Kier alpha value is -2.13. The molecule has 0 unspecified atom stereocenters. The van der Waals surface area contributed by atoms with E-state index in [-0.39, 0.29) is 24.0 Å². The molecule has 0 bridgehead atoms. The van der Waals surface area contributed by atoms with Crippen molar-refractivity contribution in [2.24, 2.45) is 0 Å². The van der Waals surface area contributed by atoms with E-state index in [4.69, 9.17) is 0 Å². The van der Waals surface area contributed by atoms with Crippen LogP contribution in [0.5, 0.6) is 0 Å². The Balaban J connectivity index is 1.56. The van der Waals surface area contributed by atoms with Crippen LogP contribution in [0.25, 0.3) is 0 Å². The molecular weight excluding hydrogens is 322 g/mol. The summed E-state index contributed by atoms with van der Waals surface area (Å²) >= 11 is 0. The Bertz CT molecular complexity index is 730. The number of aliphatic hydroxyl groups is 1. The van der Waals surface area contributed by atoms with Gasteiger partial charge in [-0.05, 0) is 60.8 Å². The highest BCUT2D eigenvalue weighted by atomic mass is 16.3. The van der Waals surface area contributed by atoms with Crippen molar-refractivity contribution in [2.75, 3.05) is 0 Å². The predicted octanol–water partition coefficient (Wildman–Crippen LogP) is 3.73. The quantitative estimate of drug-likeness (QED) is 0.887. The van der Waals surface area contributed by atoms with Gasteiger partial charge in [0.15, 0.2) is 0 Å². The molecule has 2 aromatic rings. The summed E-state index contributed by atoms with van der Waals surface area (Å²) < 4.78 is 0. The van der Waals surface area contributed by atoms with Gasteiger partial charge in [0.2, 0.25) is 5.91 Å². The monoisotopic (exact) mass is 349 g/mol. The van der Waals surface area contributed by atoms with Crippen LogP contribution < -0.4 is 5.32 Å². The van der Waals surface area contributed by atoms with Crippen LogP contribution in [0.4, 0.5) is 0 Å². The zero-order valence-corrected chi connectivity index (χ0v) is 15.2. The van der Waals surface area contributed by atoms with E-state index in [2.05, 4.69) is 53.8 Å². The van der Waals surface area contributed by atoms with Crippen LogP contribution in [-0.2, 0) is 17.6 Å². The summed E-state index contributed by atoms with van der Waals surface area (Å²) in [5.41, 5.74) is 5.32.